The van der Waals surface area contributed by atoms with Gasteiger partial charge in [-0.1, -0.05) is 41.5 Å². The second kappa shape index (κ2) is 5.90. The molecule has 6 heteroatoms. The fourth-order valence-corrected chi connectivity index (χ4v) is 1.36. The molecule has 0 saturated heterocycles. The summed E-state index contributed by atoms with van der Waals surface area (Å²) in [7, 11) is 0. The summed E-state index contributed by atoms with van der Waals surface area (Å²) >= 11 is 5.91. The van der Waals surface area contributed by atoms with E-state index >= 15 is 0 Å². The van der Waals surface area contributed by atoms with Crippen LogP contribution in [0, 0.1) is 10.8 Å². The van der Waals surface area contributed by atoms with Gasteiger partial charge in [0.2, 0.25) is 17.2 Å². The Morgan fingerprint density at radius 2 is 1.16 bits per heavy atom. The minimum atomic E-state index is 0.151. The van der Waals surface area contributed by atoms with E-state index in [0.29, 0.717) is 11.9 Å². The highest BCUT2D eigenvalue weighted by atomic mass is 35.5. The van der Waals surface area contributed by atoms with E-state index in [0.717, 1.165) is 13.1 Å². The second-order valence-electron chi connectivity index (χ2n) is 7.08. The van der Waals surface area contributed by atoms with E-state index in [1.54, 1.807) is 0 Å². The van der Waals surface area contributed by atoms with Gasteiger partial charge in [-0.15, -0.1) is 0 Å². The maximum absolute atomic E-state index is 5.91. The molecule has 0 atom stereocenters. The fourth-order valence-electron chi connectivity index (χ4n) is 1.20. The van der Waals surface area contributed by atoms with Crippen molar-refractivity contribution in [3.05, 3.63) is 5.28 Å². The zero-order chi connectivity index (χ0) is 14.7. The van der Waals surface area contributed by atoms with Gasteiger partial charge in [0.25, 0.3) is 0 Å². The van der Waals surface area contributed by atoms with Gasteiger partial charge in [0, 0.05) is 13.1 Å². The summed E-state index contributed by atoms with van der Waals surface area (Å²) in [5.41, 5.74) is 0.302. The summed E-state index contributed by atoms with van der Waals surface area (Å²) in [5.74, 6) is 1.01. The Labute approximate surface area is 120 Å². The third-order valence-corrected chi connectivity index (χ3v) is 2.33. The number of nitrogens with one attached hydrogen (secondary N) is 2. The van der Waals surface area contributed by atoms with Gasteiger partial charge < -0.3 is 10.6 Å². The van der Waals surface area contributed by atoms with Gasteiger partial charge >= 0.3 is 0 Å². The summed E-state index contributed by atoms with van der Waals surface area (Å²) in [4.78, 5) is 12.5. The maximum atomic E-state index is 5.91. The van der Waals surface area contributed by atoms with Crippen molar-refractivity contribution in [2.75, 3.05) is 23.7 Å². The van der Waals surface area contributed by atoms with E-state index in [1.807, 2.05) is 0 Å². The first-order valence-corrected chi connectivity index (χ1v) is 6.82. The first-order valence-electron chi connectivity index (χ1n) is 6.44. The molecular weight excluding hydrogens is 262 g/mol. The number of anilines is 2. The monoisotopic (exact) mass is 285 g/mol. The van der Waals surface area contributed by atoms with Gasteiger partial charge in [0.1, 0.15) is 0 Å². The smallest absolute Gasteiger partial charge is 0.228 e. The van der Waals surface area contributed by atoms with E-state index < -0.39 is 0 Å². The number of nitrogens with zero attached hydrogens (tertiary/aromatic N) is 3. The molecule has 2 N–H and O–H groups in total. The van der Waals surface area contributed by atoms with Crippen LogP contribution in [0.1, 0.15) is 41.5 Å². The highest BCUT2D eigenvalue weighted by Gasteiger charge is 2.13. The lowest BCUT2D eigenvalue weighted by atomic mass is 9.97. The molecule has 0 saturated carbocycles. The number of rotatable bonds is 4. The van der Waals surface area contributed by atoms with E-state index in [2.05, 4.69) is 67.1 Å². The Morgan fingerprint density at radius 1 is 0.789 bits per heavy atom. The van der Waals surface area contributed by atoms with Crippen LogP contribution in [-0.2, 0) is 0 Å². The van der Waals surface area contributed by atoms with Gasteiger partial charge in [0.15, 0.2) is 0 Å². The molecule has 5 nitrogen and oxygen atoms in total. The molecule has 0 radical (unpaired) electrons. The Balaban J connectivity index is 2.71. The first kappa shape index (κ1) is 16.0. The normalized spacial score (nSPS) is 12.4. The molecule has 0 spiro atoms. The van der Waals surface area contributed by atoms with Crippen LogP contribution in [0.4, 0.5) is 11.9 Å². The molecule has 108 valence electrons. The summed E-state index contributed by atoms with van der Waals surface area (Å²) in [6.45, 7) is 14.4. The highest BCUT2D eigenvalue weighted by molar-refractivity contribution is 6.28. The van der Waals surface area contributed by atoms with Crippen LogP contribution >= 0.6 is 11.6 Å². The van der Waals surface area contributed by atoms with E-state index in [9.17, 15) is 0 Å². The van der Waals surface area contributed by atoms with Crippen LogP contribution in [0.3, 0.4) is 0 Å². The van der Waals surface area contributed by atoms with Crippen LogP contribution < -0.4 is 10.6 Å². The zero-order valence-corrected chi connectivity index (χ0v) is 13.4. The number of hydrogen-bond acceptors (Lipinski definition) is 5. The molecule has 1 rings (SSSR count). The minimum Gasteiger partial charge on any atom is -0.354 e. The van der Waals surface area contributed by atoms with Crippen molar-refractivity contribution in [1.82, 2.24) is 15.0 Å². The highest BCUT2D eigenvalue weighted by Crippen LogP contribution is 2.17. The zero-order valence-electron chi connectivity index (χ0n) is 12.6. The lowest BCUT2D eigenvalue weighted by Crippen LogP contribution is -2.22. The van der Waals surface area contributed by atoms with E-state index in [1.165, 1.54) is 0 Å². The topological polar surface area (TPSA) is 62.7 Å². The van der Waals surface area contributed by atoms with Crippen molar-refractivity contribution in [3.8, 4) is 0 Å². The third kappa shape index (κ3) is 7.15. The molecule has 1 aromatic heterocycles. The second-order valence-corrected chi connectivity index (χ2v) is 7.42. The van der Waals surface area contributed by atoms with Gasteiger partial charge in [-0.05, 0) is 22.4 Å². The van der Waals surface area contributed by atoms with Crippen molar-refractivity contribution in [2.45, 2.75) is 41.5 Å². The largest absolute Gasteiger partial charge is 0.354 e. The van der Waals surface area contributed by atoms with Gasteiger partial charge in [-0.25, -0.2) is 0 Å². The summed E-state index contributed by atoms with van der Waals surface area (Å²) in [6, 6.07) is 0. The van der Waals surface area contributed by atoms with Crippen LogP contribution in [0.2, 0.25) is 5.28 Å². The summed E-state index contributed by atoms with van der Waals surface area (Å²) in [6.07, 6.45) is 0. The molecule has 0 amide bonds. The molecule has 0 aliphatic carbocycles. The molecule has 0 fully saturated rings. The van der Waals surface area contributed by atoms with E-state index in [-0.39, 0.29) is 16.1 Å². The lowest BCUT2D eigenvalue weighted by molar-refractivity contribution is 0.440. The Kier molecular flexibility index (Phi) is 4.96. The minimum absolute atomic E-state index is 0.151. The van der Waals surface area contributed by atoms with Crippen molar-refractivity contribution < 1.29 is 0 Å². The molecule has 0 bridgehead atoms. The van der Waals surface area contributed by atoms with Crippen molar-refractivity contribution in [3.63, 3.8) is 0 Å². The SMILES string of the molecule is CC(C)(C)CNc1nc(Cl)nc(NCC(C)(C)C)n1. The lowest BCUT2D eigenvalue weighted by Gasteiger charge is -2.20. The van der Waals surface area contributed by atoms with Crippen LogP contribution in [0.5, 0.6) is 0 Å². The Morgan fingerprint density at radius 3 is 1.47 bits per heavy atom. The van der Waals surface area contributed by atoms with Crippen LogP contribution in [-0.4, -0.2) is 28.0 Å². The molecular formula is C13H24ClN5. The summed E-state index contributed by atoms with van der Waals surface area (Å²) in [5, 5.41) is 6.55. The predicted octanol–water partition coefficient (Wildman–Crippen LogP) is 3.44. The maximum Gasteiger partial charge on any atom is 0.228 e. The summed E-state index contributed by atoms with van der Waals surface area (Å²) < 4.78 is 0. The van der Waals surface area contributed by atoms with Gasteiger partial charge in [-0.3, -0.25) is 0 Å². The molecule has 1 heterocycles. The Bertz CT molecular complexity index is 384. The molecule has 0 unspecified atom stereocenters. The van der Waals surface area contributed by atoms with Crippen LogP contribution in [0.15, 0.2) is 0 Å². The number of halogens is 1. The molecule has 0 aliphatic heterocycles. The predicted molar refractivity (Wildman–Crippen MR) is 80.7 cm³/mol. The van der Waals surface area contributed by atoms with Gasteiger partial charge in [-0.2, -0.15) is 15.0 Å². The van der Waals surface area contributed by atoms with Gasteiger partial charge in [0.05, 0.1) is 0 Å². The van der Waals surface area contributed by atoms with Crippen molar-refractivity contribution in [1.29, 1.82) is 0 Å². The molecule has 1 aromatic rings. The molecule has 19 heavy (non-hydrogen) atoms. The molecule has 0 aromatic carbocycles. The standard InChI is InChI=1S/C13H24ClN5/c1-12(2,3)7-15-10-17-9(14)18-11(19-10)16-8-13(4,5)6/h7-8H2,1-6H3,(H2,15,16,17,18,19). The third-order valence-electron chi connectivity index (χ3n) is 2.16. The van der Waals surface area contributed by atoms with Crippen molar-refractivity contribution >= 4 is 23.5 Å². The number of aromatic nitrogens is 3. The average molecular weight is 286 g/mol. The fraction of sp³-hybridized carbons (Fsp3) is 0.769. The van der Waals surface area contributed by atoms with Crippen LogP contribution in [0.25, 0.3) is 0 Å². The van der Waals surface area contributed by atoms with Crippen molar-refractivity contribution in [2.24, 2.45) is 10.8 Å². The molecule has 0 aliphatic rings. The average Bonchev–Trinajstić information content (AvgIpc) is 2.21. The Hall–Kier alpha value is -1.10. The van der Waals surface area contributed by atoms with E-state index in [4.69, 9.17) is 11.6 Å². The quantitative estimate of drug-likeness (QED) is 0.887. The first-order chi connectivity index (χ1) is 8.55. The number of hydrogen-bond donors (Lipinski definition) is 2.